The van der Waals surface area contributed by atoms with Crippen LogP contribution in [0.15, 0.2) is 18.2 Å². The van der Waals surface area contributed by atoms with Crippen LogP contribution in [0, 0.1) is 13.8 Å². The fourth-order valence-corrected chi connectivity index (χ4v) is 2.64. The van der Waals surface area contributed by atoms with Gasteiger partial charge < -0.3 is 19.7 Å². The second-order valence-corrected chi connectivity index (χ2v) is 6.05. The van der Waals surface area contributed by atoms with E-state index in [0.29, 0.717) is 23.2 Å². The molecule has 0 atom stereocenters. The average molecular weight is 348 g/mol. The molecule has 0 aliphatic rings. The van der Waals surface area contributed by atoms with Crippen molar-refractivity contribution in [3.8, 4) is 11.5 Å². The van der Waals surface area contributed by atoms with Crippen molar-refractivity contribution in [1.82, 2.24) is 14.7 Å². The maximum Gasteiger partial charge on any atom is 0.173 e. The Morgan fingerprint density at radius 3 is 2.25 bits per heavy atom. The van der Waals surface area contributed by atoms with E-state index in [2.05, 4.69) is 17.3 Å². The van der Waals surface area contributed by atoms with Gasteiger partial charge in [-0.25, -0.2) is 0 Å². The first-order valence-corrected chi connectivity index (χ1v) is 8.00. The van der Waals surface area contributed by atoms with Gasteiger partial charge in [-0.3, -0.25) is 4.68 Å². The Balaban J connectivity index is 2.11. The van der Waals surface area contributed by atoms with Crippen LogP contribution in [-0.2, 0) is 13.6 Å². The van der Waals surface area contributed by atoms with Crippen molar-refractivity contribution in [3.05, 3.63) is 35.2 Å². The van der Waals surface area contributed by atoms with Gasteiger partial charge in [-0.15, -0.1) is 0 Å². The lowest BCUT2D eigenvalue weighted by Crippen LogP contribution is -2.31. The quantitative estimate of drug-likeness (QED) is 0.839. The minimum Gasteiger partial charge on any atom is -0.497 e. The van der Waals surface area contributed by atoms with Gasteiger partial charge in [0, 0.05) is 55.8 Å². The largest absolute Gasteiger partial charge is 0.497 e. The van der Waals surface area contributed by atoms with E-state index in [9.17, 15) is 0 Å². The summed E-state index contributed by atoms with van der Waals surface area (Å²) >= 11 is 5.52. The van der Waals surface area contributed by atoms with Crippen molar-refractivity contribution < 1.29 is 9.47 Å². The first-order valence-electron chi connectivity index (χ1n) is 7.60. The van der Waals surface area contributed by atoms with E-state index in [1.807, 2.05) is 48.8 Å². The molecule has 0 unspecified atom stereocenters. The van der Waals surface area contributed by atoms with Gasteiger partial charge in [0.25, 0.3) is 0 Å². The van der Waals surface area contributed by atoms with E-state index in [1.165, 1.54) is 5.56 Å². The van der Waals surface area contributed by atoms with Crippen LogP contribution in [0.1, 0.15) is 17.0 Å². The summed E-state index contributed by atoms with van der Waals surface area (Å²) < 4.78 is 12.5. The molecule has 2 rings (SSSR count). The number of nitrogens with zero attached hydrogens (tertiary/aromatic N) is 3. The van der Waals surface area contributed by atoms with Gasteiger partial charge in [0.1, 0.15) is 11.5 Å². The summed E-state index contributed by atoms with van der Waals surface area (Å²) in [4.78, 5) is 1.98. The van der Waals surface area contributed by atoms with Crippen LogP contribution in [0.2, 0.25) is 0 Å². The van der Waals surface area contributed by atoms with Crippen LogP contribution in [0.25, 0.3) is 0 Å². The Labute approximate surface area is 148 Å². The molecule has 0 aliphatic carbocycles. The number of hydrogen-bond donors (Lipinski definition) is 1. The predicted molar refractivity (Wildman–Crippen MR) is 99.9 cm³/mol. The topological polar surface area (TPSA) is 51.5 Å². The molecule has 24 heavy (non-hydrogen) atoms. The molecular formula is C17H24N4O2S. The van der Waals surface area contributed by atoms with E-state index in [4.69, 9.17) is 21.7 Å². The Morgan fingerprint density at radius 2 is 1.79 bits per heavy atom. The number of anilines is 1. The number of hydrogen-bond acceptors (Lipinski definition) is 4. The number of rotatable bonds is 5. The van der Waals surface area contributed by atoms with E-state index in [1.54, 1.807) is 14.2 Å². The first-order chi connectivity index (χ1) is 11.3. The third kappa shape index (κ3) is 3.97. The molecule has 0 radical (unpaired) electrons. The van der Waals surface area contributed by atoms with Crippen LogP contribution in [0.5, 0.6) is 11.5 Å². The first kappa shape index (κ1) is 18.1. The second-order valence-electron chi connectivity index (χ2n) is 5.66. The Morgan fingerprint density at radius 1 is 1.21 bits per heavy atom. The van der Waals surface area contributed by atoms with Gasteiger partial charge in [0.15, 0.2) is 5.11 Å². The van der Waals surface area contributed by atoms with Crippen molar-refractivity contribution in [2.75, 3.05) is 26.6 Å². The molecule has 1 aromatic carbocycles. The molecule has 0 spiro atoms. The summed E-state index contributed by atoms with van der Waals surface area (Å²) in [6, 6.07) is 5.58. The lowest BCUT2D eigenvalue weighted by molar-refractivity contribution is 0.395. The van der Waals surface area contributed by atoms with E-state index in [0.717, 1.165) is 17.1 Å². The molecule has 1 heterocycles. The molecule has 0 saturated carbocycles. The zero-order valence-corrected chi connectivity index (χ0v) is 15.8. The summed E-state index contributed by atoms with van der Waals surface area (Å²) in [7, 11) is 7.15. The van der Waals surface area contributed by atoms with Crippen molar-refractivity contribution in [1.29, 1.82) is 0 Å². The molecule has 0 bridgehead atoms. The molecular weight excluding hydrogens is 324 g/mol. The zero-order valence-electron chi connectivity index (χ0n) is 15.0. The normalized spacial score (nSPS) is 10.4. The van der Waals surface area contributed by atoms with Gasteiger partial charge in [-0.2, -0.15) is 5.10 Å². The number of thiocarbonyl (C=S) groups is 1. The number of methoxy groups -OCH3 is 2. The fourth-order valence-electron chi connectivity index (χ4n) is 2.45. The van der Waals surface area contributed by atoms with Crippen LogP contribution >= 0.6 is 12.2 Å². The molecule has 0 fully saturated rings. The second kappa shape index (κ2) is 7.53. The zero-order chi connectivity index (χ0) is 17.9. The summed E-state index contributed by atoms with van der Waals surface area (Å²) in [5.74, 6) is 1.42. The minimum absolute atomic E-state index is 0.618. The molecule has 6 nitrogen and oxygen atoms in total. The Bertz CT molecular complexity index is 720. The number of aryl methyl sites for hydroxylation is 2. The maximum atomic E-state index is 5.52. The van der Waals surface area contributed by atoms with Gasteiger partial charge in [0.2, 0.25) is 0 Å². The summed E-state index contributed by atoms with van der Waals surface area (Å²) in [6.07, 6.45) is 0. The highest BCUT2D eigenvalue weighted by Crippen LogP contribution is 2.26. The summed E-state index contributed by atoms with van der Waals surface area (Å²) in [5, 5.41) is 8.29. The van der Waals surface area contributed by atoms with Crippen LogP contribution in [-0.4, -0.2) is 41.1 Å². The van der Waals surface area contributed by atoms with E-state index >= 15 is 0 Å². The number of nitrogens with one attached hydrogen (secondary N) is 1. The molecule has 0 amide bonds. The number of ether oxygens (including phenoxy) is 2. The monoisotopic (exact) mass is 348 g/mol. The number of aromatic nitrogens is 2. The van der Waals surface area contributed by atoms with Crippen LogP contribution in [0.4, 0.5) is 5.69 Å². The standard InChI is InChI=1S/C17H24N4O2S/c1-11-16(12(2)21(4)19-11)10-20(3)17(24)18-13-7-14(22-5)9-15(8-13)23-6/h7-9H,10H2,1-6H3,(H,18,24). The fraction of sp³-hybridized carbons (Fsp3) is 0.412. The highest BCUT2D eigenvalue weighted by atomic mass is 32.1. The van der Waals surface area contributed by atoms with Gasteiger partial charge in [0.05, 0.1) is 19.9 Å². The summed E-state index contributed by atoms with van der Waals surface area (Å²) in [5.41, 5.74) is 4.17. The van der Waals surface area contributed by atoms with E-state index in [-0.39, 0.29) is 0 Å². The van der Waals surface area contributed by atoms with Crippen molar-refractivity contribution in [2.24, 2.45) is 7.05 Å². The van der Waals surface area contributed by atoms with Crippen molar-refractivity contribution in [3.63, 3.8) is 0 Å². The smallest absolute Gasteiger partial charge is 0.173 e. The SMILES string of the molecule is COc1cc(NC(=S)N(C)Cc2c(C)nn(C)c2C)cc(OC)c1. The molecule has 0 saturated heterocycles. The molecule has 130 valence electrons. The highest BCUT2D eigenvalue weighted by Gasteiger charge is 2.14. The van der Waals surface area contributed by atoms with Gasteiger partial charge in [-0.05, 0) is 26.1 Å². The summed E-state index contributed by atoms with van der Waals surface area (Å²) in [6.45, 7) is 4.77. The lowest BCUT2D eigenvalue weighted by atomic mass is 10.2. The average Bonchev–Trinajstić information content (AvgIpc) is 2.80. The maximum absolute atomic E-state index is 5.52. The molecule has 7 heteroatoms. The predicted octanol–water partition coefficient (Wildman–Crippen LogP) is 2.88. The van der Waals surface area contributed by atoms with Crippen LogP contribution in [0.3, 0.4) is 0 Å². The van der Waals surface area contributed by atoms with Crippen LogP contribution < -0.4 is 14.8 Å². The van der Waals surface area contributed by atoms with E-state index < -0.39 is 0 Å². The minimum atomic E-state index is 0.618. The third-order valence-electron chi connectivity index (χ3n) is 4.00. The van der Waals surface area contributed by atoms with Gasteiger partial charge >= 0.3 is 0 Å². The Kier molecular flexibility index (Phi) is 5.66. The number of benzene rings is 1. The van der Waals surface area contributed by atoms with Crippen molar-refractivity contribution in [2.45, 2.75) is 20.4 Å². The molecule has 1 N–H and O–H groups in total. The Hall–Kier alpha value is -2.28. The highest BCUT2D eigenvalue weighted by molar-refractivity contribution is 7.80. The molecule has 0 aliphatic heterocycles. The molecule has 2 aromatic rings. The van der Waals surface area contributed by atoms with Crippen molar-refractivity contribution >= 4 is 23.0 Å². The van der Waals surface area contributed by atoms with Gasteiger partial charge in [-0.1, -0.05) is 0 Å². The molecule has 1 aromatic heterocycles. The lowest BCUT2D eigenvalue weighted by Gasteiger charge is -2.22. The third-order valence-corrected chi connectivity index (χ3v) is 4.42.